The fraction of sp³-hybridized carbons (Fsp3) is 0.692. The second-order valence-electron chi connectivity index (χ2n) is 5.06. The number of nitrogens with one attached hydrogen (secondary N) is 1. The first-order valence-corrected chi connectivity index (χ1v) is 7.56. The maximum atomic E-state index is 11.1. The topological polar surface area (TPSA) is 77.2 Å². The quantitative estimate of drug-likeness (QED) is 0.806. The molecule has 2 rings (SSSR count). The van der Waals surface area contributed by atoms with Crippen LogP contribution < -0.4 is 11.1 Å². The number of esters is 1. The second-order valence-corrected chi connectivity index (χ2v) is 5.92. The van der Waals surface area contributed by atoms with Crippen molar-refractivity contribution in [2.45, 2.75) is 38.1 Å². The number of methoxy groups -OCH3 is 1. The number of nitrogens with two attached hydrogens (primary N) is 1. The summed E-state index contributed by atoms with van der Waals surface area (Å²) >= 11 is 1.54. The Kier molecular flexibility index (Phi) is 5.15. The monoisotopic (exact) mass is 283 g/mol. The van der Waals surface area contributed by atoms with E-state index in [-0.39, 0.29) is 12.4 Å². The predicted octanol–water partition coefficient (Wildman–Crippen LogP) is 1.79. The van der Waals surface area contributed by atoms with E-state index in [4.69, 9.17) is 5.73 Å². The molecule has 0 aromatic carbocycles. The summed E-state index contributed by atoms with van der Waals surface area (Å²) in [5.41, 5.74) is 6.66. The zero-order valence-corrected chi connectivity index (χ0v) is 12.0. The van der Waals surface area contributed by atoms with Gasteiger partial charge in [-0.3, -0.25) is 4.79 Å². The first-order chi connectivity index (χ1) is 9.17. The molecule has 0 bridgehead atoms. The van der Waals surface area contributed by atoms with Crippen LogP contribution in [0.25, 0.3) is 0 Å². The highest BCUT2D eigenvalue weighted by atomic mass is 32.1. The van der Waals surface area contributed by atoms with Crippen LogP contribution in [0.15, 0.2) is 5.38 Å². The Morgan fingerprint density at radius 3 is 2.95 bits per heavy atom. The van der Waals surface area contributed by atoms with Crippen molar-refractivity contribution in [2.24, 2.45) is 11.7 Å². The number of carbonyl (C=O) groups is 1. The second kappa shape index (κ2) is 6.86. The van der Waals surface area contributed by atoms with Crippen LogP contribution in [0.2, 0.25) is 0 Å². The molecule has 0 amide bonds. The van der Waals surface area contributed by atoms with Crippen molar-refractivity contribution in [1.82, 2.24) is 4.98 Å². The summed E-state index contributed by atoms with van der Waals surface area (Å²) in [4.78, 5) is 15.5. The molecule has 0 saturated heterocycles. The van der Waals surface area contributed by atoms with E-state index in [0.717, 1.165) is 30.2 Å². The molecule has 0 atom stereocenters. The summed E-state index contributed by atoms with van der Waals surface area (Å²) in [6, 6.07) is 0.391. The Bertz CT molecular complexity index is 414. The Labute approximate surface area is 117 Å². The highest BCUT2D eigenvalue weighted by Gasteiger charge is 2.18. The van der Waals surface area contributed by atoms with Crippen LogP contribution in [-0.2, 0) is 16.0 Å². The first kappa shape index (κ1) is 14.3. The van der Waals surface area contributed by atoms with E-state index < -0.39 is 0 Å². The third-order valence-electron chi connectivity index (χ3n) is 3.54. The summed E-state index contributed by atoms with van der Waals surface area (Å²) in [6.07, 6.45) is 4.87. The van der Waals surface area contributed by atoms with E-state index in [1.165, 1.54) is 31.3 Å². The largest absolute Gasteiger partial charge is 0.469 e. The molecule has 0 aliphatic heterocycles. The van der Waals surface area contributed by atoms with Gasteiger partial charge >= 0.3 is 5.97 Å². The summed E-state index contributed by atoms with van der Waals surface area (Å²) < 4.78 is 4.62. The molecular formula is C13H21N3O2S. The van der Waals surface area contributed by atoms with E-state index in [0.29, 0.717) is 12.0 Å². The Hall–Kier alpha value is -1.14. The molecule has 1 aliphatic rings. The first-order valence-electron chi connectivity index (χ1n) is 6.68. The van der Waals surface area contributed by atoms with Crippen molar-refractivity contribution in [3.63, 3.8) is 0 Å². The van der Waals surface area contributed by atoms with Gasteiger partial charge in [-0.25, -0.2) is 4.98 Å². The van der Waals surface area contributed by atoms with E-state index in [2.05, 4.69) is 15.0 Å². The molecule has 1 fully saturated rings. The number of rotatable bonds is 5. The average molecular weight is 283 g/mol. The predicted molar refractivity (Wildman–Crippen MR) is 76.3 cm³/mol. The van der Waals surface area contributed by atoms with Crippen LogP contribution >= 0.6 is 11.3 Å². The average Bonchev–Trinajstić information content (AvgIpc) is 2.85. The summed E-state index contributed by atoms with van der Waals surface area (Å²) in [5.74, 6) is 0.436. The Balaban J connectivity index is 1.75. The summed E-state index contributed by atoms with van der Waals surface area (Å²) in [5, 5.41) is 6.14. The van der Waals surface area contributed by atoms with Gasteiger partial charge in [-0.2, -0.15) is 0 Å². The van der Waals surface area contributed by atoms with Crippen molar-refractivity contribution in [1.29, 1.82) is 0 Å². The van der Waals surface area contributed by atoms with Gasteiger partial charge in [0, 0.05) is 18.0 Å². The van der Waals surface area contributed by atoms with Crippen molar-refractivity contribution in [3.8, 4) is 0 Å². The summed E-state index contributed by atoms with van der Waals surface area (Å²) in [7, 11) is 1.39. The fourth-order valence-corrected chi connectivity index (χ4v) is 3.03. The number of aromatic nitrogens is 1. The van der Waals surface area contributed by atoms with E-state index in [1.807, 2.05) is 5.38 Å². The Morgan fingerprint density at radius 2 is 2.26 bits per heavy atom. The van der Waals surface area contributed by atoms with Gasteiger partial charge in [-0.15, -0.1) is 11.3 Å². The van der Waals surface area contributed by atoms with E-state index in [1.54, 1.807) is 0 Å². The molecule has 1 aromatic heterocycles. The minimum absolute atomic E-state index is 0.243. The van der Waals surface area contributed by atoms with Gasteiger partial charge in [0.1, 0.15) is 0 Å². The van der Waals surface area contributed by atoms with Gasteiger partial charge in [0.15, 0.2) is 5.13 Å². The van der Waals surface area contributed by atoms with Crippen molar-refractivity contribution in [2.75, 3.05) is 19.0 Å². The van der Waals surface area contributed by atoms with Crippen LogP contribution in [0.4, 0.5) is 5.13 Å². The lowest BCUT2D eigenvalue weighted by molar-refractivity contribution is -0.139. The lowest BCUT2D eigenvalue weighted by Crippen LogP contribution is -2.29. The molecule has 1 aliphatic carbocycles. The number of anilines is 1. The number of nitrogens with zero attached hydrogens (tertiary/aromatic N) is 1. The van der Waals surface area contributed by atoms with Crippen LogP contribution in [-0.4, -0.2) is 30.6 Å². The van der Waals surface area contributed by atoms with Gasteiger partial charge < -0.3 is 15.8 Å². The molecule has 0 unspecified atom stereocenters. The smallest absolute Gasteiger partial charge is 0.311 e. The van der Waals surface area contributed by atoms with Crippen LogP contribution in [0.1, 0.15) is 31.4 Å². The third-order valence-corrected chi connectivity index (χ3v) is 4.39. The molecule has 6 heteroatoms. The molecule has 106 valence electrons. The van der Waals surface area contributed by atoms with Gasteiger partial charge in [-0.05, 0) is 31.6 Å². The zero-order valence-electron chi connectivity index (χ0n) is 11.2. The molecule has 19 heavy (non-hydrogen) atoms. The molecule has 5 nitrogen and oxygen atoms in total. The number of hydrogen-bond donors (Lipinski definition) is 2. The number of thiazole rings is 1. The molecular weight excluding hydrogens is 262 g/mol. The standard InChI is InChI=1S/C13H21N3O2S/c1-18-12(17)6-11-8-19-13(16-11)15-7-9-2-4-10(14)5-3-9/h8-10H,2-7,14H2,1H3,(H,15,16)/t9-,10-. The van der Waals surface area contributed by atoms with Gasteiger partial charge in [0.2, 0.25) is 0 Å². The molecule has 1 saturated carbocycles. The summed E-state index contributed by atoms with van der Waals surface area (Å²) in [6.45, 7) is 0.942. The molecule has 0 spiro atoms. The van der Waals surface area contributed by atoms with Crippen molar-refractivity contribution in [3.05, 3.63) is 11.1 Å². The van der Waals surface area contributed by atoms with Crippen LogP contribution in [0.3, 0.4) is 0 Å². The minimum Gasteiger partial charge on any atom is -0.469 e. The lowest BCUT2D eigenvalue weighted by atomic mass is 9.86. The molecule has 0 radical (unpaired) electrons. The van der Waals surface area contributed by atoms with Crippen molar-refractivity contribution >= 4 is 22.4 Å². The lowest BCUT2D eigenvalue weighted by Gasteiger charge is -2.25. The Morgan fingerprint density at radius 1 is 1.53 bits per heavy atom. The highest BCUT2D eigenvalue weighted by molar-refractivity contribution is 7.13. The van der Waals surface area contributed by atoms with Gasteiger partial charge in [-0.1, -0.05) is 0 Å². The molecule has 1 heterocycles. The normalized spacial score (nSPS) is 23.1. The highest BCUT2D eigenvalue weighted by Crippen LogP contribution is 2.24. The number of hydrogen-bond acceptors (Lipinski definition) is 6. The minimum atomic E-state index is -0.252. The molecule has 3 N–H and O–H groups in total. The van der Waals surface area contributed by atoms with Crippen LogP contribution in [0, 0.1) is 5.92 Å². The maximum Gasteiger partial charge on any atom is 0.311 e. The SMILES string of the molecule is COC(=O)Cc1csc(NC[C@H]2CC[C@H](N)CC2)n1. The molecule has 1 aromatic rings. The third kappa shape index (κ3) is 4.47. The number of ether oxygens (including phenoxy) is 1. The van der Waals surface area contributed by atoms with Gasteiger partial charge in [0.25, 0.3) is 0 Å². The maximum absolute atomic E-state index is 11.1. The van der Waals surface area contributed by atoms with Gasteiger partial charge in [0.05, 0.1) is 19.2 Å². The van der Waals surface area contributed by atoms with E-state index >= 15 is 0 Å². The zero-order chi connectivity index (χ0) is 13.7. The van der Waals surface area contributed by atoms with Crippen molar-refractivity contribution < 1.29 is 9.53 Å². The number of carbonyl (C=O) groups excluding carboxylic acids is 1. The van der Waals surface area contributed by atoms with E-state index in [9.17, 15) is 4.79 Å². The fourth-order valence-electron chi connectivity index (χ4n) is 2.31. The van der Waals surface area contributed by atoms with Crippen LogP contribution in [0.5, 0.6) is 0 Å².